The molecule has 1 saturated carbocycles. The lowest BCUT2D eigenvalue weighted by atomic mass is 10.0. The summed E-state index contributed by atoms with van der Waals surface area (Å²) >= 11 is 7.22. The molecule has 2 aliphatic rings. The second kappa shape index (κ2) is 6.36. The second-order valence-electron chi connectivity index (χ2n) is 5.68. The highest BCUT2D eigenvalue weighted by Crippen LogP contribution is 2.45. The van der Waals surface area contributed by atoms with Gasteiger partial charge in [-0.3, -0.25) is 9.69 Å². The van der Waals surface area contributed by atoms with Gasteiger partial charge < -0.3 is 5.32 Å². The number of carbonyl (C=O) groups excluding carboxylic acids is 1. The summed E-state index contributed by atoms with van der Waals surface area (Å²) in [6.07, 6.45) is 5.26. The highest BCUT2D eigenvalue weighted by molar-refractivity contribution is 7.98. The molecule has 0 radical (unpaired) electrons. The first kappa shape index (κ1) is 14.9. The SMILES string of the molecule is CSCC[C@@H]1NC(=S)N([C@H](c2ccccc2)C2CC2)C1=O. The second-order valence-corrected chi connectivity index (χ2v) is 7.06. The van der Waals surface area contributed by atoms with Gasteiger partial charge in [0.25, 0.3) is 5.91 Å². The van der Waals surface area contributed by atoms with E-state index in [1.165, 1.54) is 18.4 Å². The summed E-state index contributed by atoms with van der Waals surface area (Å²) in [4.78, 5) is 14.6. The quantitative estimate of drug-likeness (QED) is 0.817. The van der Waals surface area contributed by atoms with E-state index in [-0.39, 0.29) is 18.0 Å². The molecule has 1 heterocycles. The van der Waals surface area contributed by atoms with Crippen molar-refractivity contribution in [1.29, 1.82) is 0 Å². The standard InChI is InChI=1S/C16H20N2OS2/c1-21-10-9-13-15(19)18(16(20)17-13)14(12-7-8-12)11-5-3-2-4-6-11/h2-6,12-14H,7-10H2,1H3,(H,17,20)/t13-,14+/m0/s1. The zero-order chi connectivity index (χ0) is 14.8. The number of thiocarbonyl (C=S) groups is 1. The molecule has 112 valence electrons. The Morgan fingerprint density at radius 3 is 2.71 bits per heavy atom. The van der Waals surface area contributed by atoms with Gasteiger partial charge >= 0.3 is 0 Å². The lowest BCUT2D eigenvalue weighted by Crippen LogP contribution is -2.36. The summed E-state index contributed by atoms with van der Waals surface area (Å²) in [6, 6.07) is 10.3. The van der Waals surface area contributed by atoms with Crippen molar-refractivity contribution in [2.45, 2.75) is 31.3 Å². The molecule has 3 rings (SSSR count). The number of benzene rings is 1. The number of nitrogens with zero attached hydrogens (tertiary/aromatic N) is 1. The maximum absolute atomic E-state index is 12.7. The van der Waals surface area contributed by atoms with Crippen molar-refractivity contribution in [3.63, 3.8) is 0 Å². The molecule has 0 spiro atoms. The molecule has 0 unspecified atom stereocenters. The fourth-order valence-corrected chi connectivity index (χ4v) is 3.75. The third-order valence-corrected chi connectivity index (χ3v) is 5.11. The first-order valence-corrected chi connectivity index (χ1v) is 9.20. The average Bonchev–Trinajstić information content (AvgIpc) is 3.29. The summed E-state index contributed by atoms with van der Waals surface area (Å²) in [5.41, 5.74) is 1.20. The smallest absolute Gasteiger partial charge is 0.251 e. The minimum atomic E-state index is -0.144. The van der Waals surface area contributed by atoms with Crippen LogP contribution in [0.5, 0.6) is 0 Å². The first-order valence-electron chi connectivity index (χ1n) is 7.40. The molecular formula is C16H20N2OS2. The van der Waals surface area contributed by atoms with Crippen LogP contribution in [0.25, 0.3) is 0 Å². The van der Waals surface area contributed by atoms with Gasteiger partial charge in [0.15, 0.2) is 5.11 Å². The van der Waals surface area contributed by atoms with E-state index < -0.39 is 0 Å². The normalized spacial score (nSPS) is 23.3. The van der Waals surface area contributed by atoms with E-state index >= 15 is 0 Å². The molecule has 1 N–H and O–H groups in total. The number of nitrogens with one attached hydrogen (secondary N) is 1. The van der Waals surface area contributed by atoms with Crippen molar-refractivity contribution in [3.8, 4) is 0 Å². The third-order valence-electron chi connectivity index (χ3n) is 4.15. The molecule has 21 heavy (non-hydrogen) atoms. The Kier molecular flexibility index (Phi) is 4.50. The molecule has 1 aromatic rings. The van der Waals surface area contributed by atoms with Crippen LogP contribution >= 0.6 is 24.0 Å². The molecule has 1 saturated heterocycles. The number of hydrogen-bond donors (Lipinski definition) is 1. The van der Waals surface area contributed by atoms with Crippen molar-refractivity contribution < 1.29 is 4.79 Å². The number of amides is 1. The maximum Gasteiger partial charge on any atom is 0.251 e. The van der Waals surface area contributed by atoms with Crippen LogP contribution in [0.4, 0.5) is 0 Å². The predicted octanol–water partition coefficient (Wildman–Crippen LogP) is 2.98. The van der Waals surface area contributed by atoms with E-state index in [2.05, 4.69) is 23.7 Å². The molecule has 5 heteroatoms. The van der Waals surface area contributed by atoms with Crippen LogP contribution < -0.4 is 5.32 Å². The van der Waals surface area contributed by atoms with Gasteiger partial charge in [0.05, 0.1) is 6.04 Å². The molecule has 0 aromatic heterocycles. The summed E-state index contributed by atoms with van der Waals surface area (Å²) in [6.45, 7) is 0. The molecule has 3 nitrogen and oxygen atoms in total. The van der Waals surface area contributed by atoms with Crippen molar-refractivity contribution in [2.24, 2.45) is 5.92 Å². The molecule has 0 bridgehead atoms. The van der Waals surface area contributed by atoms with Gasteiger partial charge in [-0.2, -0.15) is 11.8 Å². The maximum atomic E-state index is 12.7. The molecule has 1 amide bonds. The lowest BCUT2D eigenvalue weighted by molar-refractivity contribution is -0.129. The molecule has 1 aliphatic carbocycles. The third kappa shape index (κ3) is 3.09. The highest BCUT2D eigenvalue weighted by atomic mass is 32.2. The van der Waals surface area contributed by atoms with E-state index in [9.17, 15) is 4.79 Å². The number of thioether (sulfide) groups is 1. The van der Waals surface area contributed by atoms with E-state index in [1.54, 1.807) is 11.8 Å². The Labute approximate surface area is 135 Å². The first-order chi connectivity index (χ1) is 10.2. The summed E-state index contributed by atoms with van der Waals surface area (Å²) < 4.78 is 0. The van der Waals surface area contributed by atoms with Gasteiger partial charge in [0.1, 0.15) is 6.04 Å². The van der Waals surface area contributed by atoms with Gasteiger partial charge in [0.2, 0.25) is 0 Å². The van der Waals surface area contributed by atoms with Gasteiger partial charge in [-0.05, 0) is 55.0 Å². The van der Waals surface area contributed by atoms with Crippen LogP contribution in [0.3, 0.4) is 0 Å². The summed E-state index contributed by atoms with van der Waals surface area (Å²) in [7, 11) is 0. The van der Waals surface area contributed by atoms with Gasteiger partial charge in [0, 0.05) is 0 Å². The minimum Gasteiger partial charge on any atom is -0.350 e. The topological polar surface area (TPSA) is 32.3 Å². The Morgan fingerprint density at radius 2 is 2.10 bits per heavy atom. The van der Waals surface area contributed by atoms with Crippen LogP contribution in [0.1, 0.15) is 30.9 Å². The van der Waals surface area contributed by atoms with Crippen LogP contribution in [-0.4, -0.2) is 34.0 Å². The van der Waals surface area contributed by atoms with Gasteiger partial charge in [-0.15, -0.1) is 0 Å². The van der Waals surface area contributed by atoms with E-state index in [4.69, 9.17) is 12.2 Å². The molecule has 1 aliphatic heterocycles. The van der Waals surface area contributed by atoms with Gasteiger partial charge in [-0.25, -0.2) is 0 Å². The Hall–Kier alpha value is -1.07. The molecular weight excluding hydrogens is 300 g/mol. The Morgan fingerprint density at radius 1 is 1.38 bits per heavy atom. The Bertz CT molecular complexity index is 530. The van der Waals surface area contributed by atoms with Crippen LogP contribution in [-0.2, 0) is 4.79 Å². The van der Waals surface area contributed by atoms with E-state index in [1.807, 2.05) is 23.1 Å². The highest BCUT2D eigenvalue weighted by Gasteiger charge is 2.45. The predicted molar refractivity (Wildman–Crippen MR) is 91.3 cm³/mol. The summed E-state index contributed by atoms with van der Waals surface area (Å²) in [5.74, 6) is 1.67. The van der Waals surface area contributed by atoms with Crippen LogP contribution in [0.15, 0.2) is 30.3 Å². The number of hydrogen-bond acceptors (Lipinski definition) is 3. The fraction of sp³-hybridized carbons (Fsp3) is 0.500. The monoisotopic (exact) mass is 320 g/mol. The largest absolute Gasteiger partial charge is 0.350 e. The lowest BCUT2D eigenvalue weighted by Gasteiger charge is -2.27. The van der Waals surface area contributed by atoms with Crippen LogP contribution in [0.2, 0.25) is 0 Å². The van der Waals surface area contributed by atoms with Crippen molar-refractivity contribution in [2.75, 3.05) is 12.0 Å². The molecule has 1 aromatic carbocycles. The molecule has 2 atom stereocenters. The average molecular weight is 320 g/mol. The fourth-order valence-electron chi connectivity index (χ4n) is 2.94. The number of rotatable bonds is 6. The van der Waals surface area contributed by atoms with E-state index in [0.29, 0.717) is 11.0 Å². The van der Waals surface area contributed by atoms with E-state index in [0.717, 1.165) is 12.2 Å². The van der Waals surface area contributed by atoms with Crippen molar-refractivity contribution >= 4 is 35.0 Å². The van der Waals surface area contributed by atoms with Crippen LogP contribution in [0, 0.1) is 5.92 Å². The number of carbonyl (C=O) groups is 1. The summed E-state index contributed by atoms with van der Waals surface area (Å²) in [5, 5.41) is 3.82. The minimum absolute atomic E-state index is 0.109. The van der Waals surface area contributed by atoms with Crippen molar-refractivity contribution in [1.82, 2.24) is 10.2 Å². The Balaban J connectivity index is 1.83. The van der Waals surface area contributed by atoms with Gasteiger partial charge in [-0.1, -0.05) is 30.3 Å². The zero-order valence-corrected chi connectivity index (χ0v) is 13.8. The van der Waals surface area contributed by atoms with Crippen molar-refractivity contribution in [3.05, 3.63) is 35.9 Å². The molecule has 2 fully saturated rings. The zero-order valence-electron chi connectivity index (χ0n) is 12.1.